The zero-order valence-corrected chi connectivity index (χ0v) is 14.7. The predicted molar refractivity (Wildman–Crippen MR) is 89.2 cm³/mol. The Labute approximate surface area is 130 Å². The van der Waals surface area contributed by atoms with Gasteiger partial charge < -0.3 is 4.74 Å². The van der Waals surface area contributed by atoms with Gasteiger partial charge in [0.2, 0.25) is 0 Å². The van der Waals surface area contributed by atoms with Crippen LogP contribution in [0.2, 0.25) is 0 Å². The van der Waals surface area contributed by atoms with Gasteiger partial charge in [-0.1, -0.05) is 31.6 Å². The van der Waals surface area contributed by atoms with Crippen LogP contribution < -0.4 is 0 Å². The van der Waals surface area contributed by atoms with Gasteiger partial charge in [0.1, 0.15) is 0 Å². The van der Waals surface area contributed by atoms with Crippen molar-refractivity contribution < 1.29 is 4.74 Å². The van der Waals surface area contributed by atoms with Gasteiger partial charge in [0.15, 0.2) is 0 Å². The lowest BCUT2D eigenvalue weighted by Crippen LogP contribution is -2.31. The van der Waals surface area contributed by atoms with Crippen LogP contribution in [0.15, 0.2) is 34.4 Å². The molecule has 116 valence electrons. The minimum absolute atomic E-state index is 0.146. The van der Waals surface area contributed by atoms with E-state index >= 15 is 0 Å². The maximum Gasteiger partial charge on any atom is 0.0887 e. The molecule has 0 amide bonds. The molecule has 1 fully saturated rings. The second-order valence-electron chi connectivity index (χ2n) is 8.44. The van der Waals surface area contributed by atoms with E-state index in [0.717, 1.165) is 11.8 Å². The van der Waals surface area contributed by atoms with E-state index in [1.54, 1.807) is 11.1 Å². The number of allylic oxidation sites excluding steroid dienone is 3. The Balaban J connectivity index is 2.07. The first-order valence-corrected chi connectivity index (χ1v) is 8.46. The molecular weight excluding hydrogens is 256 g/mol. The van der Waals surface area contributed by atoms with Gasteiger partial charge >= 0.3 is 0 Å². The fourth-order valence-corrected chi connectivity index (χ4v) is 4.74. The standard InChI is InChI=1S/C20H30O/c1-12-10-14(3)18-17(19(4,5)21-20(18,6)7)9-8-15(12)16-11-13(16)2/h8-9,13-14,16H,10-11H2,1-7H3. The molecule has 3 rings (SSSR count). The van der Waals surface area contributed by atoms with Crippen LogP contribution in [0, 0.1) is 17.8 Å². The van der Waals surface area contributed by atoms with E-state index in [9.17, 15) is 0 Å². The molecule has 1 heterocycles. The molecule has 0 aromatic heterocycles. The van der Waals surface area contributed by atoms with Crippen molar-refractivity contribution in [1.82, 2.24) is 0 Å². The molecule has 0 bridgehead atoms. The molecule has 0 radical (unpaired) electrons. The van der Waals surface area contributed by atoms with E-state index in [2.05, 4.69) is 60.6 Å². The van der Waals surface area contributed by atoms with E-state index < -0.39 is 0 Å². The van der Waals surface area contributed by atoms with E-state index in [1.165, 1.54) is 24.0 Å². The summed E-state index contributed by atoms with van der Waals surface area (Å²) in [5.74, 6) is 2.23. The molecule has 2 aliphatic carbocycles. The highest BCUT2D eigenvalue weighted by molar-refractivity contribution is 5.48. The molecule has 1 heteroatoms. The molecular formula is C20H30O. The van der Waals surface area contributed by atoms with E-state index in [1.807, 2.05) is 0 Å². The zero-order valence-electron chi connectivity index (χ0n) is 14.7. The lowest BCUT2D eigenvalue weighted by atomic mass is 9.78. The monoisotopic (exact) mass is 286 g/mol. The summed E-state index contributed by atoms with van der Waals surface area (Å²) in [5.41, 5.74) is 5.79. The van der Waals surface area contributed by atoms with Crippen LogP contribution in [0.25, 0.3) is 0 Å². The highest BCUT2D eigenvalue weighted by Crippen LogP contribution is 2.51. The van der Waals surface area contributed by atoms with Crippen molar-refractivity contribution in [2.45, 2.75) is 72.5 Å². The minimum atomic E-state index is -0.172. The SMILES string of the molecule is CC1=C(C2CC2C)C=CC2=C(C(C)C1)C(C)(C)OC2(C)C. The van der Waals surface area contributed by atoms with Crippen LogP contribution in [0.5, 0.6) is 0 Å². The zero-order chi connectivity index (χ0) is 15.6. The summed E-state index contributed by atoms with van der Waals surface area (Å²) >= 11 is 0. The molecule has 21 heavy (non-hydrogen) atoms. The maximum atomic E-state index is 6.39. The van der Waals surface area contributed by atoms with Gasteiger partial charge in [0.05, 0.1) is 11.2 Å². The van der Waals surface area contributed by atoms with Crippen molar-refractivity contribution in [3.05, 3.63) is 34.4 Å². The van der Waals surface area contributed by atoms with Crippen molar-refractivity contribution in [3.63, 3.8) is 0 Å². The highest BCUT2D eigenvalue weighted by atomic mass is 16.5. The number of hydrogen-bond acceptors (Lipinski definition) is 1. The van der Waals surface area contributed by atoms with Crippen molar-refractivity contribution in [2.24, 2.45) is 17.8 Å². The predicted octanol–water partition coefficient (Wildman–Crippen LogP) is 5.44. The molecule has 0 spiro atoms. The Kier molecular flexibility index (Phi) is 3.30. The second kappa shape index (κ2) is 4.59. The smallest absolute Gasteiger partial charge is 0.0887 e. The summed E-state index contributed by atoms with van der Waals surface area (Å²) in [6.07, 6.45) is 7.30. The van der Waals surface area contributed by atoms with Crippen LogP contribution in [-0.2, 0) is 4.74 Å². The average Bonchev–Trinajstić information content (AvgIpc) is 2.95. The largest absolute Gasteiger partial charge is 0.361 e. The van der Waals surface area contributed by atoms with Crippen LogP contribution in [0.4, 0.5) is 0 Å². The molecule has 0 saturated heterocycles. The van der Waals surface area contributed by atoms with Gasteiger partial charge in [-0.05, 0) is 81.9 Å². The topological polar surface area (TPSA) is 9.23 Å². The minimum Gasteiger partial charge on any atom is -0.361 e. The summed E-state index contributed by atoms with van der Waals surface area (Å²) in [4.78, 5) is 0. The molecule has 0 N–H and O–H groups in total. The Morgan fingerprint density at radius 3 is 2.24 bits per heavy atom. The second-order valence-corrected chi connectivity index (χ2v) is 8.44. The van der Waals surface area contributed by atoms with Crippen molar-refractivity contribution >= 4 is 0 Å². The van der Waals surface area contributed by atoms with Crippen molar-refractivity contribution in [1.29, 1.82) is 0 Å². The fourth-order valence-electron chi connectivity index (χ4n) is 4.74. The molecule has 0 aromatic carbocycles. The highest BCUT2D eigenvalue weighted by Gasteiger charge is 2.46. The molecule has 1 saturated carbocycles. The van der Waals surface area contributed by atoms with Crippen LogP contribution in [0.1, 0.15) is 61.3 Å². The first-order valence-electron chi connectivity index (χ1n) is 8.46. The normalized spacial score (nSPS) is 37.4. The molecule has 0 aromatic rings. The average molecular weight is 286 g/mol. The summed E-state index contributed by atoms with van der Waals surface area (Å²) in [6.45, 7) is 16.0. The van der Waals surface area contributed by atoms with Crippen LogP contribution >= 0.6 is 0 Å². The van der Waals surface area contributed by atoms with E-state index in [0.29, 0.717) is 5.92 Å². The third-order valence-electron chi connectivity index (χ3n) is 5.63. The Morgan fingerprint density at radius 2 is 1.67 bits per heavy atom. The van der Waals surface area contributed by atoms with E-state index in [4.69, 9.17) is 4.74 Å². The summed E-state index contributed by atoms with van der Waals surface area (Å²) in [6, 6.07) is 0. The quantitative estimate of drug-likeness (QED) is 0.623. The number of rotatable bonds is 1. The molecule has 3 unspecified atom stereocenters. The summed E-state index contributed by atoms with van der Waals surface area (Å²) in [5, 5.41) is 0. The first-order chi connectivity index (χ1) is 9.63. The van der Waals surface area contributed by atoms with Gasteiger partial charge in [0.25, 0.3) is 0 Å². The van der Waals surface area contributed by atoms with Crippen LogP contribution in [-0.4, -0.2) is 11.2 Å². The molecule has 3 atom stereocenters. The third kappa shape index (κ3) is 2.44. The first kappa shape index (κ1) is 15.1. The fraction of sp³-hybridized carbons (Fsp3) is 0.700. The van der Waals surface area contributed by atoms with Gasteiger partial charge in [0, 0.05) is 0 Å². The van der Waals surface area contributed by atoms with Gasteiger partial charge in [-0.3, -0.25) is 0 Å². The van der Waals surface area contributed by atoms with Crippen molar-refractivity contribution in [2.75, 3.05) is 0 Å². The molecule has 1 aliphatic heterocycles. The lowest BCUT2D eigenvalue weighted by Gasteiger charge is -2.29. The van der Waals surface area contributed by atoms with Gasteiger partial charge in [-0.2, -0.15) is 0 Å². The third-order valence-corrected chi connectivity index (χ3v) is 5.63. The Hall–Kier alpha value is -0.820. The number of ether oxygens (including phenoxy) is 1. The van der Waals surface area contributed by atoms with E-state index in [-0.39, 0.29) is 11.2 Å². The van der Waals surface area contributed by atoms with Gasteiger partial charge in [-0.15, -0.1) is 0 Å². The Morgan fingerprint density at radius 1 is 1.05 bits per heavy atom. The van der Waals surface area contributed by atoms with Crippen LogP contribution in [0.3, 0.4) is 0 Å². The lowest BCUT2D eigenvalue weighted by molar-refractivity contribution is -0.0578. The maximum absolute atomic E-state index is 6.39. The Bertz CT molecular complexity index is 556. The van der Waals surface area contributed by atoms with Crippen molar-refractivity contribution in [3.8, 4) is 0 Å². The van der Waals surface area contributed by atoms with Gasteiger partial charge in [-0.25, -0.2) is 0 Å². The molecule has 1 nitrogen and oxygen atoms in total. The molecule has 3 aliphatic rings. The summed E-state index contributed by atoms with van der Waals surface area (Å²) < 4.78 is 6.39. The summed E-state index contributed by atoms with van der Waals surface area (Å²) in [7, 11) is 0. The number of hydrogen-bond donors (Lipinski definition) is 0.